The van der Waals surface area contributed by atoms with Crippen molar-refractivity contribution in [3.05, 3.63) is 106 Å². The lowest BCUT2D eigenvalue weighted by Crippen LogP contribution is -2.31. The molecule has 0 aliphatic carbocycles. The molecule has 0 radical (unpaired) electrons. The second-order valence-electron chi connectivity index (χ2n) is 8.72. The Balaban J connectivity index is 1.48. The summed E-state index contributed by atoms with van der Waals surface area (Å²) in [5.74, 6) is -0.124. The highest BCUT2D eigenvalue weighted by Gasteiger charge is 2.22. The van der Waals surface area contributed by atoms with Gasteiger partial charge < -0.3 is 14.6 Å². The van der Waals surface area contributed by atoms with Gasteiger partial charge >= 0.3 is 0 Å². The molecular weight excluding hydrogens is 459 g/mol. The third-order valence-corrected chi connectivity index (χ3v) is 6.15. The van der Waals surface area contributed by atoms with Gasteiger partial charge in [0.15, 0.2) is 0 Å². The van der Waals surface area contributed by atoms with Gasteiger partial charge in [-0.25, -0.2) is 9.07 Å². The number of carbonyl (C=O) groups is 1. The molecule has 0 spiro atoms. The highest BCUT2D eigenvalue weighted by atomic mass is 19.1. The van der Waals surface area contributed by atoms with E-state index in [4.69, 9.17) is 4.74 Å². The molecule has 2 aliphatic rings. The molecule has 36 heavy (non-hydrogen) atoms. The zero-order valence-electron chi connectivity index (χ0n) is 20.0. The number of benzene rings is 3. The Morgan fingerprint density at radius 1 is 1.08 bits per heavy atom. The number of rotatable bonds is 7. The molecule has 5 rings (SSSR count). The lowest BCUT2D eigenvalue weighted by molar-refractivity contribution is -0.122. The van der Waals surface area contributed by atoms with E-state index in [-0.39, 0.29) is 19.0 Å². The van der Waals surface area contributed by atoms with E-state index in [0.717, 1.165) is 26.9 Å². The molecule has 0 bridgehead atoms. The number of ether oxygens (including phenoxy) is 1. The number of hydrogen-bond acceptors (Lipinski definition) is 4. The Kier molecular flexibility index (Phi) is 6.25. The van der Waals surface area contributed by atoms with Gasteiger partial charge in [0.1, 0.15) is 23.8 Å². The first-order chi connectivity index (χ1) is 17.4. The molecule has 182 valence electrons. The number of nitrogens with one attached hydrogen (secondary N) is 1. The topological polar surface area (TPSA) is 78.2 Å². The second-order valence-corrected chi connectivity index (χ2v) is 8.72. The molecule has 0 fully saturated rings. The normalized spacial score (nSPS) is 11.2. The molecule has 0 aromatic heterocycles. The van der Waals surface area contributed by atoms with Gasteiger partial charge in [-0.2, -0.15) is 5.10 Å². The lowest BCUT2D eigenvalue weighted by Gasteiger charge is -2.14. The van der Waals surface area contributed by atoms with Crippen LogP contribution >= 0.6 is 0 Å². The molecule has 8 heteroatoms. The first kappa shape index (κ1) is 23.3. The summed E-state index contributed by atoms with van der Waals surface area (Å²) in [4.78, 5) is 25.9. The van der Waals surface area contributed by atoms with Gasteiger partial charge in [-0.05, 0) is 36.8 Å². The maximum atomic E-state index is 14.2. The zero-order valence-corrected chi connectivity index (χ0v) is 20.0. The quantitative estimate of drug-likeness (QED) is 0.377. The van der Waals surface area contributed by atoms with E-state index in [1.165, 1.54) is 12.1 Å². The molecule has 1 amide bonds. The van der Waals surface area contributed by atoms with Crippen LogP contribution in [-0.2, 0) is 24.4 Å². The number of fused-ring (bicyclic) bond motifs is 3. The number of para-hydroxylation sites is 1. The minimum Gasteiger partial charge on any atom is -0.496 e. The predicted molar refractivity (Wildman–Crippen MR) is 136 cm³/mol. The van der Waals surface area contributed by atoms with Crippen LogP contribution in [0.15, 0.2) is 77.7 Å². The number of pyridine rings is 1. The SMILES string of the molecule is COc1ccccc1CNC(=O)Cn1nc2c3cc(F)ccc3n(Cc3cccc(C)c3)cc-2c1=O. The standard InChI is InChI=1S/C28H25FN4O3/c1-18-6-5-7-19(12-18)15-32-16-23-27(22-13-21(29)10-11-24(22)32)31-33(28(23)35)17-26(34)30-14-20-8-3-4-9-25(20)36-2/h3-13,16H,14-15,17H2,1-2H3,(H,30,34). The van der Waals surface area contributed by atoms with Crippen LogP contribution in [0.5, 0.6) is 5.75 Å². The average molecular weight is 485 g/mol. The number of methoxy groups -OCH3 is 1. The number of aromatic nitrogens is 3. The van der Waals surface area contributed by atoms with Crippen molar-refractivity contribution in [2.75, 3.05) is 7.11 Å². The monoisotopic (exact) mass is 484 g/mol. The van der Waals surface area contributed by atoms with E-state index < -0.39 is 11.4 Å². The van der Waals surface area contributed by atoms with Crippen molar-refractivity contribution in [1.82, 2.24) is 19.7 Å². The maximum absolute atomic E-state index is 14.2. The third kappa shape index (κ3) is 4.57. The number of halogens is 1. The fourth-order valence-electron chi connectivity index (χ4n) is 4.43. The van der Waals surface area contributed by atoms with Crippen LogP contribution < -0.4 is 15.6 Å². The molecule has 0 unspecified atom stereocenters. The Morgan fingerprint density at radius 3 is 2.72 bits per heavy atom. The number of aryl methyl sites for hydroxylation is 1. The minimum absolute atomic E-state index is 0.252. The van der Waals surface area contributed by atoms with Crippen LogP contribution in [0, 0.1) is 12.7 Å². The van der Waals surface area contributed by atoms with Crippen molar-refractivity contribution < 1.29 is 13.9 Å². The molecule has 3 aromatic rings. The second kappa shape index (κ2) is 9.65. The van der Waals surface area contributed by atoms with Crippen molar-refractivity contribution in [2.45, 2.75) is 26.6 Å². The van der Waals surface area contributed by atoms with Gasteiger partial charge in [-0.3, -0.25) is 9.59 Å². The Labute approximate surface area is 207 Å². The number of hydrogen-bond donors (Lipinski definition) is 1. The summed E-state index contributed by atoms with van der Waals surface area (Å²) in [7, 11) is 1.57. The third-order valence-electron chi connectivity index (χ3n) is 6.15. The molecule has 0 saturated heterocycles. The predicted octanol–water partition coefficient (Wildman–Crippen LogP) is 4.12. The van der Waals surface area contributed by atoms with Crippen LogP contribution in [0.4, 0.5) is 4.39 Å². The highest BCUT2D eigenvalue weighted by molar-refractivity contribution is 5.94. The van der Waals surface area contributed by atoms with Crippen molar-refractivity contribution in [2.24, 2.45) is 0 Å². The Bertz CT molecular complexity index is 1600. The van der Waals surface area contributed by atoms with Crippen molar-refractivity contribution in [3.8, 4) is 17.0 Å². The van der Waals surface area contributed by atoms with E-state index in [1.54, 1.807) is 19.4 Å². The van der Waals surface area contributed by atoms with Crippen LogP contribution in [-0.4, -0.2) is 27.4 Å². The van der Waals surface area contributed by atoms with Gasteiger partial charge in [0.25, 0.3) is 5.56 Å². The molecule has 0 atom stereocenters. The van der Waals surface area contributed by atoms with E-state index >= 15 is 0 Å². The summed E-state index contributed by atoms with van der Waals surface area (Å²) in [6.07, 6.45) is 1.73. The molecular formula is C28H25FN4O3. The fourth-order valence-corrected chi connectivity index (χ4v) is 4.43. The summed E-state index contributed by atoms with van der Waals surface area (Å²) >= 11 is 0. The Hall–Kier alpha value is -4.46. The molecule has 0 saturated carbocycles. The van der Waals surface area contributed by atoms with Crippen molar-refractivity contribution in [1.29, 1.82) is 0 Å². The smallest absolute Gasteiger partial charge is 0.278 e. The van der Waals surface area contributed by atoms with E-state index in [0.29, 0.717) is 28.9 Å². The van der Waals surface area contributed by atoms with Gasteiger partial charge in [0.05, 0.1) is 18.2 Å². The van der Waals surface area contributed by atoms with Gasteiger partial charge in [0, 0.05) is 30.2 Å². The lowest BCUT2D eigenvalue weighted by atomic mass is 10.1. The van der Waals surface area contributed by atoms with Crippen LogP contribution in [0.25, 0.3) is 22.2 Å². The number of carbonyl (C=O) groups excluding carboxylic acids is 1. The molecule has 2 heterocycles. The molecule has 1 N–H and O–H groups in total. The van der Waals surface area contributed by atoms with E-state index in [2.05, 4.69) is 16.5 Å². The molecule has 3 aromatic carbocycles. The average Bonchev–Trinajstić information content (AvgIpc) is 3.18. The van der Waals surface area contributed by atoms with Gasteiger partial charge in [0.2, 0.25) is 5.91 Å². The summed E-state index contributed by atoms with van der Waals surface area (Å²) in [5, 5.41) is 7.74. The minimum atomic E-state index is -0.423. The highest BCUT2D eigenvalue weighted by Crippen LogP contribution is 2.29. The van der Waals surface area contributed by atoms with Crippen LogP contribution in [0.1, 0.15) is 16.7 Å². The van der Waals surface area contributed by atoms with E-state index in [9.17, 15) is 14.0 Å². The van der Waals surface area contributed by atoms with Gasteiger partial charge in [-0.15, -0.1) is 0 Å². The Morgan fingerprint density at radius 2 is 1.92 bits per heavy atom. The summed E-state index contributed by atoms with van der Waals surface area (Å²) in [6, 6.07) is 19.9. The molecule has 2 aliphatic heterocycles. The summed E-state index contributed by atoms with van der Waals surface area (Å²) < 4.78 is 22.6. The van der Waals surface area contributed by atoms with Crippen LogP contribution in [0.3, 0.4) is 0 Å². The first-order valence-corrected chi connectivity index (χ1v) is 11.6. The van der Waals surface area contributed by atoms with E-state index in [1.807, 2.05) is 54.0 Å². The largest absolute Gasteiger partial charge is 0.496 e. The van der Waals surface area contributed by atoms with Crippen LogP contribution in [0.2, 0.25) is 0 Å². The first-order valence-electron chi connectivity index (χ1n) is 11.6. The maximum Gasteiger partial charge on any atom is 0.278 e. The number of nitrogens with zero attached hydrogens (tertiary/aromatic N) is 3. The van der Waals surface area contributed by atoms with Crippen molar-refractivity contribution >= 4 is 16.8 Å². The van der Waals surface area contributed by atoms with Crippen molar-refractivity contribution in [3.63, 3.8) is 0 Å². The summed E-state index contributed by atoms with van der Waals surface area (Å²) in [6.45, 7) is 2.52. The van der Waals surface area contributed by atoms with Gasteiger partial charge in [-0.1, -0.05) is 48.0 Å². The molecule has 7 nitrogen and oxygen atoms in total. The number of amides is 1. The zero-order chi connectivity index (χ0) is 25.2. The fraction of sp³-hybridized carbons (Fsp3) is 0.179. The summed E-state index contributed by atoms with van der Waals surface area (Å²) in [5.41, 5.74) is 4.05.